The van der Waals surface area contributed by atoms with E-state index in [1.807, 2.05) is 6.07 Å². The Kier molecular flexibility index (Phi) is 3.95. The number of hydrogen-bond donors (Lipinski definition) is 1. The monoisotopic (exact) mass is 368 g/mol. The number of aryl methyl sites for hydroxylation is 1. The Balaban J connectivity index is 1.77. The summed E-state index contributed by atoms with van der Waals surface area (Å²) in [5.74, 6) is 0.736. The number of carbonyl (C=O) groups is 1. The molecule has 1 aliphatic heterocycles. The fourth-order valence-corrected chi connectivity index (χ4v) is 3.30. The zero-order valence-electron chi connectivity index (χ0n) is 11.5. The first-order valence-electron chi connectivity index (χ1n) is 6.59. The van der Waals surface area contributed by atoms with Crippen LogP contribution in [0.15, 0.2) is 28.9 Å². The normalized spacial score (nSPS) is 12.9. The molecule has 1 aromatic carbocycles. The quantitative estimate of drug-likeness (QED) is 0.902. The van der Waals surface area contributed by atoms with Crippen molar-refractivity contribution in [3.05, 3.63) is 50.7 Å². The van der Waals surface area contributed by atoms with Crippen LogP contribution < -0.4 is 10.1 Å². The topological polar surface area (TPSA) is 43.3 Å². The highest BCUT2D eigenvalue weighted by Crippen LogP contribution is 2.32. The zero-order valence-corrected chi connectivity index (χ0v) is 13.8. The molecule has 1 amide bonds. The van der Waals surface area contributed by atoms with Crippen LogP contribution in [-0.2, 0) is 20.0 Å². The molecule has 0 spiro atoms. The van der Waals surface area contributed by atoms with Gasteiger partial charge in [-0.15, -0.1) is 0 Å². The third kappa shape index (κ3) is 2.94. The van der Waals surface area contributed by atoms with E-state index >= 15 is 0 Å². The van der Waals surface area contributed by atoms with Crippen molar-refractivity contribution < 1.29 is 9.53 Å². The van der Waals surface area contributed by atoms with Crippen LogP contribution in [0.3, 0.4) is 0 Å². The van der Waals surface area contributed by atoms with Crippen molar-refractivity contribution in [1.29, 1.82) is 0 Å². The SMILES string of the molecule is Cn1cc(Cl)cc1C(=O)NCc1cc(Br)cc2c1OCC2. The minimum Gasteiger partial charge on any atom is -0.493 e. The van der Waals surface area contributed by atoms with Crippen LogP contribution in [0.5, 0.6) is 5.75 Å². The molecule has 2 heterocycles. The first kappa shape index (κ1) is 14.5. The van der Waals surface area contributed by atoms with Gasteiger partial charge >= 0.3 is 0 Å². The highest BCUT2D eigenvalue weighted by Gasteiger charge is 2.18. The molecule has 0 saturated carbocycles. The molecule has 6 heteroatoms. The summed E-state index contributed by atoms with van der Waals surface area (Å²) < 4.78 is 8.36. The van der Waals surface area contributed by atoms with Crippen molar-refractivity contribution in [3.8, 4) is 5.75 Å². The van der Waals surface area contributed by atoms with Crippen LogP contribution in [0.1, 0.15) is 21.6 Å². The maximum absolute atomic E-state index is 12.2. The summed E-state index contributed by atoms with van der Waals surface area (Å²) in [6, 6.07) is 5.69. The van der Waals surface area contributed by atoms with Crippen LogP contribution >= 0.6 is 27.5 Å². The summed E-state index contributed by atoms with van der Waals surface area (Å²) in [7, 11) is 1.79. The highest BCUT2D eigenvalue weighted by molar-refractivity contribution is 9.10. The van der Waals surface area contributed by atoms with Crippen molar-refractivity contribution in [1.82, 2.24) is 9.88 Å². The van der Waals surface area contributed by atoms with Gasteiger partial charge in [0, 0.05) is 36.2 Å². The van der Waals surface area contributed by atoms with E-state index in [-0.39, 0.29) is 5.91 Å². The average molecular weight is 370 g/mol. The predicted molar refractivity (Wildman–Crippen MR) is 84.9 cm³/mol. The number of aromatic nitrogens is 1. The van der Waals surface area contributed by atoms with Crippen molar-refractivity contribution in [3.63, 3.8) is 0 Å². The summed E-state index contributed by atoms with van der Waals surface area (Å²) in [5.41, 5.74) is 2.69. The first-order valence-corrected chi connectivity index (χ1v) is 7.76. The molecule has 0 atom stereocenters. The van der Waals surface area contributed by atoms with E-state index in [9.17, 15) is 4.79 Å². The van der Waals surface area contributed by atoms with Crippen LogP contribution in [0.25, 0.3) is 0 Å². The van der Waals surface area contributed by atoms with E-state index in [1.54, 1.807) is 23.9 Å². The van der Waals surface area contributed by atoms with Gasteiger partial charge in [-0.3, -0.25) is 4.79 Å². The largest absolute Gasteiger partial charge is 0.493 e. The summed E-state index contributed by atoms with van der Waals surface area (Å²) in [6.07, 6.45) is 2.61. The third-order valence-corrected chi connectivity index (χ3v) is 4.13. The molecule has 2 aromatic rings. The highest BCUT2D eigenvalue weighted by atomic mass is 79.9. The van der Waals surface area contributed by atoms with Gasteiger partial charge in [0.05, 0.1) is 11.6 Å². The molecule has 0 radical (unpaired) electrons. The fourth-order valence-electron chi connectivity index (χ4n) is 2.49. The summed E-state index contributed by atoms with van der Waals surface area (Å²) >= 11 is 9.39. The van der Waals surface area contributed by atoms with Gasteiger partial charge in [-0.25, -0.2) is 0 Å². The van der Waals surface area contributed by atoms with Gasteiger partial charge in [0.15, 0.2) is 0 Å². The third-order valence-electron chi connectivity index (χ3n) is 3.47. The van der Waals surface area contributed by atoms with Gasteiger partial charge in [0.1, 0.15) is 11.4 Å². The second kappa shape index (κ2) is 5.73. The lowest BCUT2D eigenvalue weighted by atomic mass is 10.1. The number of ether oxygens (including phenoxy) is 1. The zero-order chi connectivity index (χ0) is 15.0. The van der Waals surface area contributed by atoms with E-state index in [1.165, 1.54) is 5.56 Å². The molecule has 110 valence electrons. The second-order valence-electron chi connectivity index (χ2n) is 4.99. The minimum absolute atomic E-state index is 0.156. The fraction of sp³-hybridized carbons (Fsp3) is 0.267. The molecule has 1 N–H and O–H groups in total. The maximum atomic E-state index is 12.2. The van der Waals surface area contributed by atoms with E-state index < -0.39 is 0 Å². The van der Waals surface area contributed by atoms with E-state index in [0.29, 0.717) is 23.9 Å². The number of nitrogens with one attached hydrogen (secondary N) is 1. The number of fused-ring (bicyclic) bond motifs is 1. The Morgan fingerprint density at radius 3 is 3.00 bits per heavy atom. The molecule has 0 bridgehead atoms. The number of hydrogen-bond acceptors (Lipinski definition) is 2. The van der Waals surface area contributed by atoms with E-state index in [2.05, 4.69) is 27.3 Å². The number of amides is 1. The molecule has 4 nitrogen and oxygen atoms in total. The first-order chi connectivity index (χ1) is 10.0. The Bertz CT molecular complexity index is 712. The van der Waals surface area contributed by atoms with Gasteiger partial charge in [0.2, 0.25) is 0 Å². The van der Waals surface area contributed by atoms with Crippen LogP contribution in [0.4, 0.5) is 0 Å². The molecule has 0 aliphatic carbocycles. The van der Waals surface area contributed by atoms with Crippen molar-refractivity contribution in [2.24, 2.45) is 7.05 Å². The van der Waals surface area contributed by atoms with Gasteiger partial charge < -0.3 is 14.6 Å². The van der Waals surface area contributed by atoms with E-state index in [4.69, 9.17) is 16.3 Å². The Morgan fingerprint density at radius 2 is 2.29 bits per heavy atom. The predicted octanol–water partition coefficient (Wildman–Crippen LogP) is 3.31. The lowest BCUT2D eigenvalue weighted by Crippen LogP contribution is -2.25. The molecule has 0 unspecified atom stereocenters. The average Bonchev–Trinajstić information content (AvgIpc) is 3.01. The minimum atomic E-state index is -0.156. The van der Waals surface area contributed by atoms with Crippen molar-refractivity contribution >= 4 is 33.4 Å². The van der Waals surface area contributed by atoms with E-state index in [0.717, 1.165) is 22.2 Å². The molecule has 0 saturated heterocycles. The second-order valence-corrected chi connectivity index (χ2v) is 6.34. The van der Waals surface area contributed by atoms with Gasteiger partial charge in [-0.05, 0) is 23.8 Å². The van der Waals surface area contributed by atoms with Crippen LogP contribution in [-0.4, -0.2) is 17.1 Å². The van der Waals surface area contributed by atoms with Gasteiger partial charge in [0.25, 0.3) is 5.91 Å². The number of rotatable bonds is 3. The Labute approximate surface area is 136 Å². The maximum Gasteiger partial charge on any atom is 0.268 e. The number of carbonyl (C=O) groups excluding carboxylic acids is 1. The summed E-state index contributed by atoms with van der Waals surface area (Å²) in [4.78, 5) is 12.2. The molecule has 1 aromatic heterocycles. The Hall–Kier alpha value is -1.46. The smallest absolute Gasteiger partial charge is 0.268 e. The van der Waals surface area contributed by atoms with Crippen LogP contribution in [0, 0.1) is 0 Å². The standard InChI is InChI=1S/C15H14BrClN2O2/c1-19-8-12(17)6-13(19)15(20)18-7-10-5-11(16)4-9-2-3-21-14(9)10/h4-6,8H,2-3,7H2,1H3,(H,18,20). The number of nitrogens with zero attached hydrogens (tertiary/aromatic N) is 1. The van der Waals surface area contributed by atoms with Crippen molar-refractivity contribution in [2.45, 2.75) is 13.0 Å². The summed E-state index contributed by atoms with van der Waals surface area (Å²) in [6.45, 7) is 1.11. The van der Waals surface area contributed by atoms with Gasteiger partial charge in [-0.2, -0.15) is 0 Å². The molecule has 3 rings (SSSR count). The molecular weight excluding hydrogens is 356 g/mol. The molecule has 21 heavy (non-hydrogen) atoms. The lowest BCUT2D eigenvalue weighted by Gasteiger charge is -2.10. The number of halogens is 2. The van der Waals surface area contributed by atoms with Crippen molar-refractivity contribution in [2.75, 3.05) is 6.61 Å². The summed E-state index contributed by atoms with van der Waals surface area (Å²) in [5, 5.41) is 3.46. The lowest BCUT2D eigenvalue weighted by molar-refractivity contribution is 0.0942. The Morgan fingerprint density at radius 1 is 1.48 bits per heavy atom. The molecule has 1 aliphatic rings. The van der Waals surface area contributed by atoms with Gasteiger partial charge in [-0.1, -0.05) is 27.5 Å². The van der Waals surface area contributed by atoms with Crippen LogP contribution in [0.2, 0.25) is 5.02 Å². The number of benzene rings is 1. The molecule has 0 fully saturated rings. The molecular formula is C15H14BrClN2O2.